The lowest BCUT2D eigenvalue weighted by atomic mass is 10.3. The Labute approximate surface area is 56.4 Å². The molecule has 8 heavy (non-hydrogen) atoms. The SMILES string of the molecule is C=CSC(C)CCC. The Morgan fingerprint density at radius 2 is 2.38 bits per heavy atom. The monoisotopic (exact) mass is 130 g/mol. The van der Waals surface area contributed by atoms with Crippen molar-refractivity contribution in [1.29, 1.82) is 0 Å². The molecule has 0 aromatic heterocycles. The van der Waals surface area contributed by atoms with Crippen molar-refractivity contribution < 1.29 is 0 Å². The number of hydrogen-bond acceptors (Lipinski definition) is 1. The van der Waals surface area contributed by atoms with Crippen molar-refractivity contribution in [3.63, 3.8) is 0 Å². The van der Waals surface area contributed by atoms with Crippen LogP contribution in [-0.2, 0) is 0 Å². The first-order valence-corrected chi connectivity index (χ1v) is 4.02. The first-order valence-electron chi connectivity index (χ1n) is 3.07. The van der Waals surface area contributed by atoms with Gasteiger partial charge in [0, 0.05) is 5.25 Å². The molecule has 0 heterocycles. The lowest BCUT2D eigenvalue weighted by molar-refractivity contribution is 0.789. The van der Waals surface area contributed by atoms with Gasteiger partial charge in [0.15, 0.2) is 0 Å². The van der Waals surface area contributed by atoms with Crippen molar-refractivity contribution in [2.24, 2.45) is 0 Å². The molecule has 0 fully saturated rings. The van der Waals surface area contributed by atoms with Gasteiger partial charge in [-0.2, -0.15) is 0 Å². The largest absolute Gasteiger partial charge is 0.132 e. The summed E-state index contributed by atoms with van der Waals surface area (Å²) in [7, 11) is 0. The first kappa shape index (κ1) is 8.09. The zero-order valence-electron chi connectivity index (χ0n) is 5.68. The van der Waals surface area contributed by atoms with E-state index in [9.17, 15) is 0 Å². The lowest BCUT2D eigenvalue weighted by Crippen LogP contribution is -1.90. The van der Waals surface area contributed by atoms with Crippen molar-refractivity contribution in [2.45, 2.75) is 31.9 Å². The van der Waals surface area contributed by atoms with Crippen LogP contribution in [0.1, 0.15) is 26.7 Å². The molecule has 0 saturated heterocycles. The topological polar surface area (TPSA) is 0 Å². The van der Waals surface area contributed by atoms with Gasteiger partial charge < -0.3 is 0 Å². The summed E-state index contributed by atoms with van der Waals surface area (Å²) in [6.07, 6.45) is 2.58. The molecular weight excluding hydrogens is 116 g/mol. The maximum absolute atomic E-state index is 3.65. The number of rotatable bonds is 4. The summed E-state index contributed by atoms with van der Waals surface area (Å²) in [6.45, 7) is 8.09. The normalized spacial score (nSPS) is 13.2. The lowest BCUT2D eigenvalue weighted by Gasteiger charge is -2.03. The highest BCUT2D eigenvalue weighted by atomic mass is 32.2. The van der Waals surface area contributed by atoms with Crippen molar-refractivity contribution in [3.05, 3.63) is 12.0 Å². The summed E-state index contributed by atoms with van der Waals surface area (Å²) < 4.78 is 0. The zero-order valence-corrected chi connectivity index (χ0v) is 6.50. The number of thioether (sulfide) groups is 1. The molecule has 0 aliphatic carbocycles. The third kappa shape index (κ3) is 4.25. The molecule has 0 nitrogen and oxygen atoms in total. The van der Waals surface area contributed by atoms with E-state index in [0.717, 1.165) is 5.25 Å². The molecule has 0 bridgehead atoms. The van der Waals surface area contributed by atoms with Gasteiger partial charge in [0.05, 0.1) is 0 Å². The third-order valence-corrected chi connectivity index (χ3v) is 1.92. The minimum Gasteiger partial charge on any atom is -0.132 e. The quantitative estimate of drug-likeness (QED) is 0.563. The van der Waals surface area contributed by atoms with Crippen LogP contribution in [0, 0.1) is 0 Å². The van der Waals surface area contributed by atoms with E-state index in [1.165, 1.54) is 12.8 Å². The Morgan fingerprint density at radius 1 is 1.75 bits per heavy atom. The van der Waals surface area contributed by atoms with E-state index in [-0.39, 0.29) is 0 Å². The highest BCUT2D eigenvalue weighted by Gasteiger charge is 1.94. The van der Waals surface area contributed by atoms with Crippen LogP contribution in [0.15, 0.2) is 12.0 Å². The summed E-state index contributed by atoms with van der Waals surface area (Å²) in [5.74, 6) is 0. The van der Waals surface area contributed by atoms with E-state index >= 15 is 0 Å². The van der Waals surface area contributed by atoms with Crippen molar-refractivity contribution in [1.82, 2.24) is 0 Å². The summed E-state index contributed by atoms with van der Waals surface area (Å²) in [5, 5.41) is 2.68. The van der Waals surface area contributed by atoms with Crippen LogP contribution in [0.3, 0.4) is 0 Å². The fourth-order valence-corrected chi connectivity index (χ4v) is 1.34. The molecule has 0 aliphatic heterocycles. The van der Waals surface area contributed by atoms with Gasteiger partial charge in [0.25, 0.3) is 0 Å². The predicted octanol–water partition coefficient (Wildman–Crippen LogP) is 3.05. The van der Waals surface area contributed by atoms with Gasteiger partial charge in [0.2, 0.25) is 0 Å². The fourth-order valence-electron chi connectivity index (χ4n) is 0.639. The second-order valence-electron chi connectivity index (χ2n) is 1.90. The van der Waals surface area contributed by atoms with Crippen LogP contribution >= 0.6 is 11.8 Å². The molecule has 0 amide bonds. The predicted molar refractivity (Wildman–Crippen MR) is 42.2 cm³/mol. The van der Waals surface area contributed by atoms with E-state index in [1.54, 1.807) is 0 Å². The van der Waals surface area contributed by atoms with Crippen LogP contribution in [0.5, 0.6) is 0 Å². The maximum Gasteiger partial charge on any atom is 0.00598 e. The Hall–Kier alpha value is 0.0900. The Kier molecular flexibility index (Phi) is 5.29. The summed E-state index contributed by atoms with van der Waals surface area (Å²) >= 11 is 1.82. The van der Waals surface area contributed by atoms with Gasteiger partial charge in [0.1, 0.15) is 0 Å². The van der Waals surface area contributed by atoms with Gasteiger partial charge in [-0.1, -0.05) is 26.8 Å². The highest BCUT2D eigenvalue weighted by Crippen LogP contribution is 2.14. The summed E-state index contributed by atoms with van der Waals surface area (Å²) in [5.41, 5.74) is 0. The Bertz CT molecular complexity index is 59.4. The van der Waals surface area contributed by atoms with Gasteiger partial charge in [-0.25, -0.2) is 0 Å². The Balaban J connectivity index is 3.03. The summed E-state index contributed by atoms with van der Waals surface area (Å²) in [6, 6.07) is 0. The molecule has 0 N–H and O–H groups in total. The third-order valence-electron chi connectivity index (χ3n) is 1.02. The van der Waals surface area contributed by atoms with Gasteiger partial charge >= 0.3 is 0 Å². The molecule has 48 valence electrons. The van der Waals surface area contributed by atoms with Crippen molar-refractivity contribution in [3.8, 4) is 0 Å². The molecule has 0 saturated carbocycles. The smallest absolute Gasteiger partial charge is 0.00598 e. The fraction of sp³-hybridized carbons (Fsp3) is 0.714. The molecule has 0 aliphatic rings. The molecular formula is C7H14S. The van der Waals surface area contributed by atoms with Crippen LogP contribution in [0.25, 0.3) is 0 Å². The first-order chi connectivity index (χ1) is 3.81. The van der Waals surface area contributed by atoms with E-state index in [4.69, 9.17) is 0 Å². The second kappa shape index (κ2) is 5.23. The van der Waals surface area contributed by atoms with Crippen molar-refractivity contribution in [2.75, 3.05) is 0 Å². The molecule has 0 aromatic rings. The van der Waals surface area contributed by atoms with E-state index in [1.807, 2.05) is 17.2 Å². The van der Waals surface area contributed by atoms with Gasteiger partial charge in [-0.3, -0.25) is 0 Å². The molecule has 0 rings (SSSR count). The average Bonchev–Trinajstić information content (AvgIpc) is 1.68. The summed E-state index contributed by atoms with van der Waals surface area (Å²) in [4.78, 5) is 0. The molecule has 0 radical (unpaired) electrons. The maximum atomic E-state index is 3.65. The molecule has 1 heteroatoms. The minimum atomic E-state index is 0.762. The molecule has 1 atom stereocenters. The molecule has 1 unspecified atom stereocenters. The van der Waals surface area contributed by atoms with Crippen LogP contribution in [0.4, 0.5) is 0 Å². The van der Waals surface area contributed by atoms with E-state index in [0.29, 0.717) is 0 Å². The van der Waals surface area contributed by atoms with Crippen LogP contribution in [-0.4, -0.2) is 5.25 Å². The van der Waals surface area contributed by atoms with Crippen molar-refractivity contribution >= 4 is 11.8 Å². The van der Waals surface area contributed by atoms with Crippen LogP contribution in [0.2, 0.25) is 0 Å². The Morgan fingerprint density at radius 3 is 2.75 bits per heavy atom. The highest BCUT2D eigenvalue weighted by molar-refractivity contribution is 8.02. The second-order valence-corrected chi connectivity index (χ2v) is 3.31. The van der Waals surface area contributed by atoms with Crippen LogP contribution < -0.4 is 0 Å². The van der Waals surface area contributed by atoms with Gasteiger partial charge in [-0.15, -0.1) is 11.8 Å². The van der Waals surface area contributed by atoms with Gasteiger partial charge in [-0.05, 0) is 11.8 Å². The average molecular weight is 130 g/mol. The number of hydrogen-bond donors (Lipinski definition) is 0. The van der Waals surface area contributed by atoms with E-state index < -0.39 is 0 Å². The molecule has 0 aromatic carbocycles. The standard InChI is InChI=1S/C7H14S/c1-4-6-7(3)8-5-2/h5,7H,2,4,6H2,1,3H3. The zero-order chi connectivity index (χ0) is 6.41. The minimum absolute atomic E-state index is 0.762. The van der Waals surface area contributed by atoms with E-state index in [2.05, 4.69) is 20.4 Å². The molecule has 0 spiro atoms.